The van der Waals surface area contributed by atoms with Crippen LogP contribution in [-0.4, -0.2) is 28.1 Å². The lowest BCUT2D eigenvalue weighted by atomic mass is 10.0. The first-order chi connectivity index (χ1) is 11.9. The van der Waals surface area contributed by atoms with Crippen molar-refractivity contribution in [3.8, 4) is 5.75 Å². The molecule has 0 aliphatic rings. The molecule has 0 radical (unpaired) electrons. The van der Waals surface area contributed by atoms with E-state index in [9.17, 15) is 14.7 Å². The second-order valence-electron chi connectivity index (χ2n) is 5.96. The fraction of sp³-hybridized carbons (Fsp3) is 0.263. The Labute approximate surface area is 146 Å². The molecule has 0 heterocycles. The number of hydrogen-bond donors (Lipinski definition) is 4. The van der Waals surface area contributed by atoms with Crippen molar-refractivity contribution in [2.45, 2.75) is 33.0 Å². The van der Waals surface area contributed by atoms with E-state index in [2.05, 4.69) is 10.6 Å². The van der Waals surface area contributed by atoms with Gasteiger partial charge in [0.1, 0.15) is 11.8 Å². The van der Waals surface area contributed by atoms with Crippen LogP contribution in [0.3, 0.4) is 0 Å². The van der Waals surface area contributed by atoms with Gasteiger partial charge in [-0.15, -0.1) is 0 Å². The summed E-state index contributed by atoms with van der Waals surface area (Å²) in [5.74, 6) is -1.23. The van der Waals surface area contributed by atoms with Crippen LogP contribution in [0.4, 0.5) is 0 Å². The normalized spacial score (nSPS) is 11.8. The van der Waals surface area contributed by atoms with E-state index in [0.29, 0.717) is 18.7 Å². The zero-order valence-corrected chi connectivity index (χ0v) is 14.2. The van der Waals surface area contributed by atoms with Gasteiger partial charge in [-0.25, -0.2) is 0 Å². The van der Waals surface area contributed by atoms with Crippen LogP contribution in [0.1, 0.15) is 34.0 Å². The summed E-state index contributed by atoms with van der Waals surface area (Å²) >= 11 is 0. The first-order valence-electron chi connectivity index (χ1n) is 7.98. The maximum atomic E-state index is 12.1. The molecule has 6 heteroatoms. The van der Waals surface area contributed by atoms with Crippen LogP contribution in [0.2, 0.25) is 0 Å². The number of carbonyl (C=O) groups is 2. The van der Waals surface area contributed by atoms with Gasteiger partial charge in [0.15, 0.2) is 0 Å². The first-order valence-corrected chi connectivity index (χ1v) is 7.98. The lowest BCUT2D eigenvalue weighted by Crippen LogP contribution is -2.38. The molecule has 1 amide bonds. The minimum atomic E-state index is -1.07. The van der Waals surface area contributed by atoms with Crippen LogP contribution in [0.25, 0.3) is 0 Å². The Morgan fingerprint density at radius 3 is 2.36 bits per heavy atom. The van der Waals surface area contributed by atoms with Crippen LogP contribution in [0.5, 0.6) is 5.75 Å². The zero-order chi connectivity index (χ0) is 18.4. The Hall–Kier alpha value is -2.86. The third-order valence-corrected chi connectivity index (χ3v) is 3.82. The zero-order valence-electron chi connectivity index (χ0n) is 14.2. The molecule has 25 heavy (non-hydrogen) atoms. The number of benzene rings is 2. The second-order valence-corrected chi connectivity index (χ2v) is 5.96. The summed E-state index contributed by atoms with van der Waals surface area (Å²) in [6.45, 7) is 4.48. The third kappa shape index (κ3) is 5.32. The predicted octanol–water partition coefficient (Wildman–Crippen LogP) is 2.19. The predicted molar refractivity (Wildman–Crippen MR) is 94.4 cm³/mol. The fourth-order valence-corrected chi connectivity index (χ4v) is 2.44. The Morgan fingerprint density at radius 1 is 1.08 bits per heavy atom. The maximum absolute atomic E-state index is 12.1. The standard InChI is InChI=1S/C19H22N2O4/c1-12-8-15(11-20-10-14-4-3-5-16(22)9-14)6-7-17(12)18(23)21-13(2)19(24)25/h3-9,13,20,22H,10-11H2,1-2H3,(H,21,23)(H,24,25). The molecule has 0 saturated heterocycles. The maximum Gasteiger partial charge on any atom is 0.325 e. The number of aromatic hydroxyl groups is 1. The molecule has 0 aliphatic heterocycles. The summed E-state index contributed by atoms with van der Waals surface area (Å²) in [5, 5.41) is 24.0. The van der Waals surface area contributed by atoms with E-state index in [4.69, 9.17) is 5.11 Å². The topological polar surface area (TPSA) is 98.7 Å². The summed E-state index contributed by atoms with van der Waals surface area (Å²) < 4.78 is 0. The van der Waals surface area contributed by atoms with Crippen molar-refractivity contribution in [2.24, 2.45) is 0 Å². The van der Waals surface area contributed by atoms with E-state index in [1.165, 1.54) is 6.92 Å². The van der Waals surface area contributed by atoms with E-state index >= 15 is 0 Å². The Bertz CT molecular complexity index is 774. The number of hydrogen-bond acceptors (Lipinski definition) is 4. The molecular formula is C19H22N2O4. The number of aryl methyl sites for hydroxylation is 1. The van der Waals surface area contributed by atoms with Gasteiger partial charge < -0.3 is 20.8 Å². The van der Waals surface area contributed by atoms with E-state index < -0.39 is 17.9 Å². The molecule has 6 nitrogen and oxygen atoms in total. The first kappa shape index (κ1) is 18.5. The summed E-state index contributed by atoms with van der Waals surface area (Å²) in [6, 6.07) is 11.5. The molecule has 0 bridgehead atoms. The molecule has 4 N–H and O–H groups in total. The third-order valence-electron chi connectivity index (χ3n) is 3.82. The number of phenolic OH excluding ortho intramolecular Hbond substituents is 1. The minimum Gasteiger partial charge on any atom is -0.508 e. The molecule has 1 unspecified atom stereocenters. The van der Waals surface area contributed by atoms with Crippen LogP contribution in [0, 0.1) is 6.92 Å². The van der Waals surface area contributed by atoms with Gasteiger partial charge in [0.2, 0.25) is 0 Å². The Kier molecular flexibility index (Phi) is 6.14. The number of nitrogens with one attached hydrogen (secondary N) is 2. The number of carboxylic acids is 1. The summed E-state index contributed by atoms with van der Waals surface area (Å²) in [6.07, 6.45) is 0. The lowest BCUT2D eigenvalue weighted by molar-refractivity contribution is -0.138. The molecule has 0 spiro atoms. The van der Waals surface area contributed by atoms with Crippen molar-refractivity contribution in [3.05, 3.63) is 64.7 Å². The number of carbonyl (C=O) groups excluding carboxylic acids is 1. The van der Waals surface area contributed by atoms with Gasteiger partial charge in [0, 0.05) is 18.7 Å². The molecule has 0 aliphatic carbocycles. The van der Waals surface area contributed by atoms with Crippen molar-refractivity contribution < 1.29 is 19.8 Å². The van der Waals surface area contributed by atoms with Crippen LogP contribution in [0.15, 0.2) is 42.5 Å². The van der Waals surface area contributed by atoms with Crippen molar-refractivity contribution >= 4 is 11.9 Å². The summed E-state index contributed by atoms with van der Waals surface area (Å²) in [5.41, 5.74) is 3.24. The van der Waals surface area contributed by atoms with Crippen LogP contribution < -0.4 is 10.6 Å². The smallest absolute Gasteiger partial charge is 0.325 e. The molecule has 0 aromatic heterocycles. The van der Waals surface area contributed by atoms with Crippen LogP contribution >= 0.6 is 0 Å². The average Bonchev–Trinajstić information content (AvgIpc) is 2.54. The van der Waals surface area contributed by atoms with Crippen LogP contribution in [-0.2, 0) is 17.9 Å². The molecular weight excluding hydrogens is 320 g/mol. The van der Waals surface area contributed by atoms with Gasteiger partial charge in [-0.05, 0) is 48.7 Å². The number of aliphatic carboxylic acids is 1. The van der Waals surface area contributed by atoms with E-state index in [-0.39, 0.29) is 5.75 Å². The van der Waals surface area contributed by atoms with Crippen molar-refractivity contribution in [2.75, 3.05) is 0 Å². The molecule has 0 fully saturated rings. The molecule has 1 atom stereocenters. The van der Waals surface area contributed by atoms with Gasteiger partial charge in [-0.2, -0.15) is 0 Å². The number of amides is 1. The van der Waals surface area contributed by atoms with Crippen molar-refractivity contribution in [1.82, 2.24) is 10.6 Å². The van der Waals surface area contributed by atoms with Gasteiger partial charge in [0.05, 0.1) is 0 Å². The quantitative estimate of drug-likeness (QED) is 0.618. The largest absolute Gasteiger partial charge is 0.508 e. The fourth-order valence-electron chi connectivity index (χ4n) is 2.44. The van der Waals surface area contributed by atoms with E-state index in [1.807, 2.05) is 25.1 Å². The van der Waals surface area contributed by atoms with Gasteiger partial charge >= 0.3 is 5.97 Å². The highest BCUT2D eigenvalue weighted by Crippen LogP contribution is 2.13. The molecule has 2 rings (SSSR count). The number of rotatable bonds is 7. The molecule has 0 saturated carbocycles. The van der Waals surface area contributed by atoms with Crippen molar-refractivity contribution in [1.29, 1.82) is 0 Å². The highest BCUT2D eigenvalue weighted by atomic mass is 16.4. The van der Waals surface area contributed by atoms with E-state index in [0.717, 1.165) is 16.7 Å². The SMILES string of the molecule is Cc1cc(CNCc2cccc(O)c2)ccc1C(=O)NC(C)C(=O)O. The monoisotopic (exact) mass is 342 g/mol. The summed E-state index contributed by atoms with van der Waals surface area (Å²) in [7, 11) is 0. The Morgan fingerprint density at radius 2 is 1.76 bits per heavy atom. The molecule has 132 valence electrons. The second kappa shape index (κ2) is 8.30. The highest BCUT2D eigenvalue weighted by Gasteiger charge is 2.16. The highest BCUT2D eigenvalue weighted by molar-refractivity contribution is 5.97. The molecule has 2 aromatic carbocycles. The van der Waals surface area contributed by atoms with Gasteiger partial charge in [-0.1, -0.05) is 24.3 Å². The van der Waals surface area contributed by atoms with Gasteiger partial charge in [-0.3, -0.25) is 9.59 Å². The number of phenols is 1. The molecule has 2 aromatic rings. The Balaban J connectivity index is 1.94. The van der Waals surface area contributed by atoms with Gasteiger partial charge in [0.25, 0.3) is 5.91 Å². The number of carboxylic acid groups (broad SMARTS) is 1. The minimum absolute atomic E-state index is 0.237. The lowest BCUT2D eigenvalue weighted by Gasteiger charge is -2.12. The average molecular weight is 342 g/mol. The van der Waals surface area contributed by atoms with E-state index in [1.54, 1.807) is 24.3 Å². The summed E-state index contributed by atoms with van der Waals surface area (Å²) in [4.78, 5) is 22.9. The van der Waals surface area contributed by atoms with Crippen molar-refractivity contribution in [3.63, 3.8) is 0 Å².